The Labute approximate surface area is 244 Å². The van der Waals surface area contributed by atoms with Crippen LogP contribution in [0.5, 0.6) is 0 Å². The van der Waals surface area contributed by atoms with Gasteiger partial charge in [-0.3, -0.25) is 9.52 Å². The van der Waals surface area contributed by atoms with Gasteiger partial charge < -0.3 is 19.2 Å². The number of fused-ring (bicyclic) bond motifs is 1. The molecular weight excluding hydrogens is 609 g/mol. The van der Waals surface area contributed by atoms with E-state index in [1.807, 2.05) is 29.0 Å². The van der Waals surface area contributed by atoms with Crippen LogP contribution in [-0.2, 0) is 31.2 Å². The summed E-state index contributed by atoms with van der Waals surface area (Å²) in [6.07, 6.45) is 0.754. The third kappa shape index (κ3) is 5.67. The number of aliphatic hydroxyl groups is 1. The highest BCUT2D eigenvalue weighted by Crippen LogP contribution is 2.36. The van der Waals surface area contributed by atoms with Crippen LogP contribution < -0.4 is 9.44 Å². The Bertz CT molecular complexity index is 1930. The number of carbonyl (C=O) groups excluding carboxylic acids is 1. The molecule has 2 aromatic carbocycles. The topological polar surface area (TPSA) is 194 Å². The van der Waals surface area contributed by atoms with E-state index in [0.717, 1.165) is 33.4 Å². The lowest BCUT2D eigenvalue weighted by atomic mass is 10.0. The molecule has 2 aliphatic heterocycles. The van der Waals surface area contributed by atoms with Gasteiger partial charge in [-0.2, -0.15) is 8.42 Å². The van der Waals surface area contributed by atoms with Crippen LogP contribution in [0, 0.1) is 0 Å². The van der Waals surface area contributed by atoms with E-state index in [9.17, 15) is 26.7 Å². The lowest BCUT2D eigenvalue weighted by Crippen LogP contribution is -2.40. The van der Waals surface area contributed by atoms with Crippen LogP contribution in [0.25, 0.3) is 21.3 Å². The number of thiazole rings is 1. The Morgan fingerprint density at radius 1 is 1.10 bits per heavy atom. The van der Waals surface area contributed by atoms with E-state index in [0.29, 0.717) is 37.4 Å². The van der Waals surface area contributed by atoms with Gasteiger partial charge in [0.15, 0.2) is 15.1 Å². The van der Waals surface area contributed by atoms with E-state index in [4.69, 9.17) is 9.15 Å². The number of ether oxygens (including phenoxy) is 1. The number of nitrogens with zero attached hydrogens (tertiary/aromatic N) is 4. The number of allylic oxidation sites excluding steroid dienone is 1. The molecule has 1 fully saturated rings. The smallest absolute Gasteiger partial charge is 0.323 e. The second kappa shape index (κ2) is 10.6. The van der Waals surface area contributed by atoms with Crippen molar-refractivity contribution < 1.29 is 35.9 Å². The average molecular weight is 633 g/mol. The number of amides is 1. The van der Waals surface area contributed by atoms with E-state index in [1.54, 1.807) is 23.1 Å². The number of benzene rings is 2. The molecule has 0 saturated carbocycles. The van der Waals surface area contributed by atoms with Crippen LogP contribution in [0.1, 0.15) is 32.4 Å². The second-order valence-corrected chi connectivity index (χ2v) is 14.3. The van der Waals surface area contributed by atoms with Gasteiger partial charge in [0, 0.05) is 24.9 Å². The van der Waals surface area contributed by atoms with Crippen LogP contribution in [0.3, 0.4) is 0 Å². The lowest BCUT2D eigenvalue weighted by Gasteiger charge is -2.26. The van der Waals surface area contributed by atoms with Gasteiger partial charge in [0.25, 0.3) is 5.91 Å². The van der Waals surface area contributed by atoms with Crippen LogP contribution in [0.4, 0.5) is 0 Å². The van der Waals surface area contributed by atoms with Crippen molar-refractivity contribution in [3.63, 3.8) is 0 Å². The molecule has 6 rings (SSSR count). The van der Waals surface area contributed by atoms with E-state index >= 15 is 0 Å². The zero-order valence-electron chi connectivity index (χ0n) is 22.0. The summed E-state index contributed by atoms with van der Waals surface area (Å²) in [6, 6.07) is 12.8. The third-order valence-corrected chi connectivity index (χ3v) is 10.1. The summed E-state index contributed by atoms with van der Waals surface area (Å²) < 4.78 is 64.4. The zero-order valence-corrected chi connectivity index (χ0v) is 24.4. The molecule has 0 aliphatic carbocycles. The van der Waals surface area contributed by atoms with E-state index in [2.05, 4.69) is 19.9 Å². The van der Waals surface area contributed by atoms with Crippen LogP contribution in [-0.4, -0.2) is 80.5 Å². The molecule has 0 spiro atoms. The minimum atomic E-state index is -3.93. The predicted molar refractivity (Wildman–Crippen MR) is 151 cm³/mol. The van der Waals surface area contributed by atoms with Gasteiger partial charge in [-0.05, 0) is 35.4 Å². The number of sulfone groups is 1. The maximum atomic E-state index is 12.8. The van der Waals surface area contributed by atoms with E-state index in [1.165, 1.54) is 0 Å². The van der Waals surface area contributed by atoms with Crippen molar-refractivity contribution in [3.05, 3.63) is 76.4 Å². The number of rotatable bonds is 7. The first-order valence-corrected chi connectivity index (χ1v) is 16.8. The third-order valence-electron chi connectivity index (χ3n) is 6.63. The Kier molecular flexibility index (Phi) is 7.12. The van der Waals surface area contributed by atoms with Crippen molar-refractivity contribution in [3.8, 4) is 11.1 Å². The Morgan fingerprint density at radius 3 is 2.48 bits per heavy atom. The fraction of sp³-hybridized carbons (Fsp3) is 0.280. The average Bonchev–Trinajstić information content (AvgIpc) is 3.64. The summed E-state index contributed by atoms with van der Waals surface area (Å²) >= 11 is 1.16. The van der Waals surface area contributed by atoms with Gasteiger partial charge in [0.05, 0.1) is 35.5 Å². The molecule has 2 aromatic heterocycles. The van der Waals surface area contributed by atoms with Crippen LogP contribution in [0.2, 0.25) is 0 Å². The summed E-state index contributed by atoms with van der Waals surface area (Å²) in [7, 11) is -7.75. The molecule has 1 atom stereocenters. The van der Waals surface area contributed by atoms with Crippen LogP contribution >= 0.6 is 11.3 Å². The predicted octanol–water partition coefficient (Wildman–Crippen LogP) is 1.66. The Hall–Kier alpha value is -4.06. The molecule has 0 bridgehead atoms. The van der Waals surface area contributed by atoms with Crippen molar-refractivity contribution in [1.29, 1.82) is 0 Å². The largest absolute Gasteiger partial charge is 0.493 e. The molecule has 1 saturated heterocycles. The molecule has 4 heterocycles. The first-order chi connectivity index (χ1) is 20.0. The van der Waals surface area contributed by atoms with Gasteiger partial charge >= 0.3 is 10.2 Å². The highest BCUT2D eigenvalue weighted by atomic mass is 32.2. The molecule has 1 unspecified atom stereocenters. The molecule has 2 aliphatic rings. The highest BCUT2D eigenvalue weighted by Gasteiger charge is 2.35. The summed E-state index contributed by atoms with van der Waals surface area (Å²) in [4.78, 5) is 19.1. The molecule has 3 N–H and O–H groups in total. The number of carbonyl (C=O) groups is 1. The molecule has 14 nitrogen and oxygen atoms in total. The standard InChI is InChI=1S/C25H24N6O8S3/c1-41(34,35)21(23-28-27-20(39-23)13-18-22(32)30-42(36,37)29-18)24-26-17-7-6-16(12-19(17)40-24)14-2-4-15(5-3-14)25(33)31-8-10-38-11-9-31/h2-7,12,21,29-30,32H,8-11,13H2,1H3. The minimum Gasteiger partial charge on any atom is -0.493 e. The number of hydrogen-bond acceptors (Lipinski definition) is 12. The van der Waals surface area contributed by atoms with Crippen molar-refractivity contribution in [2.75, 3.05) is 32.6 Å². The first-order valence-electron chi connectivity index (χ1n) is 12.6. The maximum absolute atomic E-state index is 12.8. The number of hydrogen-bond donors (Lipinski definition) is 3. The van der Waals surface area contributed by atoms with E-state index < -0.39 is 31.2 Å². The van der Waals surface area contributed by atoms with E-state index in [-0.39, 0.29) is 34.8 Å². The maximum Gasteiger partial charge on any atom is 0.323 e. The summed E-state index contributed by atoms with van der Waals surface area (Å²) in [6.45, 7) is 2.17. The molecule has 42 heavy (non-hydrogen) atoms. The first kappa shape index (κ1) is 28.1. The summed E-state index contributed by atoms with van der Waals surface area (Å²) in [5, 5.41) is 16.4. The van der Waals surface area contributed by atoms with Crippen molar-refractivity contribution in [1.82, 2.24) is 29.5 Å². The van der Waals surface area contributed by atoms with Crippen molar-refractivity contribution in [2.24, 2.45) is 0 Å². The van der Waals surface area contributed by atoms with Crippen LogP contribution in [0.15, 0.2) is 58.5 Å². The van der Waals surface area contributed by atoms with Crippen molar-refractivity contribution >= 4 is 47.5 Å². The fourth-order valence-electron chi connectivity index (χ4n) is 4.60. The molecule has 220 valence electrons. The van der Waals surface area contributed by atoms with Gasteiger partial charge in [-0.15, -0.1) is 21.5 Å². The highest BCUT2D eigenvalue weighted by molar-refractivity contribution is 7.91. The Morgan fingerprint density at radius 2 is 1.81 bits per heavy atom. The molecule has 0 radical (unpaired) electrons. The summed E-state index contributed by atoms with van der Waals surface area (Å²) in [5.74, 6) is -1.00. The summed E-state index contributed by atoms with van der Waals surface area (Å²) in [5.41, 5.74) is 2.78. The Balaban J connectivity index is 1.25. The SMILES string of the molecule is CS(=O)(=O)C(c1nnc(CC2=C(O)NS(=O)(=O)N2)o1)c1nc2ccc(-c3ccc(C(=O)N4CCOCC4)cc3)cc2s1. The number of aromatic nitrogens is 3. The number of morpholine rings is 1. The fourth-order valence-corrected chi connectivity index (χ4v) is 8.05. The lowest BCUT2D eigenvalue weighted by molar-refractivity contribution is 0.0303. The van der Waals surface area contributed by atoms with Crippen molar-refractivity contribution in [2.45, 2.75) is 11.7 Å². The molecule has 17 heteroatoms. The number of nitrogens with one attached hydrogen (secondary N) is 2. The molecule has 1 amide bonds. The number of aliphatic hydroxyl groups excluding tert-OH is 1. The zero-order chi connectivity index (χ0) is 29.6. The van der Waals surface area contributed by atoms with Gasteiger partial charge in [0.1, 0.15) is 5.01 Å². The minimum absolute atomic E-state index is 0.0434. The quantitative estimate of drug-likeness (QED) is 0.268. The second-order valence-electron chi connectivity index (χ2n) is 9.67. The van der Waals surface area contributed by atoms with Gasteiger partial charge in [0.2, 0.25) is 17.7 Å². The molecular formula is C25H24N6O8S3. The normalized spacial score (nSPS) is 17.7. The van der Waals surface area contributed by atoms with Gasteiger partial charge in [-0.25, -0.2) is 18.1 Å². The monoisotopic (exact) mass is 632 g/mol. The molecule has 4 aromatic rings. The van der Waals surface area contributed by atoms with Gasteiger partial charge in [-0.1, -0.05) is 18.2 Å².